The molecule has 142 valence electrons. The fourth-order valence-corrected chi connectivity index (χ4v) is 3.50. The SMILES string of the molecule is COC(=O)c1cccc2c1CCCN2C(=O)Cn1nc(C)c([N+](=O)[O-])c1C. The van der Waals surface area contributed by atoms with Crippen LogP contribution in [0.15, 0.2) is 18.2 Å². The van der Waals surface area contributed by atoms with Crippen LogP contribution in [0.2, 0.25) is 0 Å². The number of esters is 1. The standard InChI is InChI=1S/C18H20N4O5/c1-11-17(22(25)26)12(2)21(19-11)10-16(23)20-9-5-7-13-14(18(24)27-3)6-4-8-15(13)20/h4,6,8H,5,7,9-10H2,1-3H3. The molecule has 0 fully saturated rings. The first-order valence-corrected chi connectivity index (χ1v) is 8.54. The second-order valence-electron chi connectivity index (χ2n) is 6.38. The molecule has 1 aromatic carbocycles. The van der Waals surface area contributed by atoms with Crippen molar-refractivity contribution in [2.45, 2.75) is 33.2 Å². The van der Waals surface area contributed by atoms with E-state index in [0.717, 1.165) is 5.56 Å². The zero-order valence-corrected chi connectivity index (χ0v) is 15.4. The van der Waals surface area contributed by atoms with Crippen LogP contribution in [0.5, 0.6) is 0 Å². The number of ether oxygens (including phenoxy) is 1. The van der Waals surface area contributed by atoms with Crippen molar-refractivity contribution in [3.8, 4) is 0 Å². The molecule has 9 heteroatoms. The first-order valence-electron chi connectivity index (χ1n) is 8.54. The summed E-state index contributed by atoms with van der Waals surface area (Å²) < 4.78 is 6.18. The molecule has 1 aliphatic heterocycles. The Labute approximate surface area is 155 Å². The predicted molar refractivity (Wildman–Crippen MR) is 96.8 cm³/mol. The Morgan fingerprint density at radius 2 is 2.07 bits per heavy atom. The van der Waals surface area contributed by atoms with Crippen molar-refractivity contribution in [2.75, 3.05) is 18.6 Å². The van der Waals surface area contributed by atoms with E-state index in [0.29, 0.717) is 36.3 Å². The number of carbonyl (C=O) groups is 2. The molecule has 0 atom stereocenters. The lowest BCUT2D eigenvalue weighted by Gasteiger charge is -2.30. The van der Waals surface area contributed by atoms with Crippen molar-refractivity contribution in [3.63, 3.8) is 0 Å². The Morgan fingerprint density at radius 1 is 1.33 bits per heavy atom. The van der Waals surface area contributed by atoms with Crippen molar-refractivity contribution in [1.82, 2.24) is 9.78 Å². The van der Waals surface area contributed by atoms with Crippen LogP contribution in [-0.4, -0.2) is 40.2 Å². The molecule has 0 aliphatic carbocycles. The summed E-state index contributed by atoms with van der Waals surface area (Å²) in [6, 6.07) is 5.19. The van der Waals surface area contributed by atoms with Crippen LogP contribution in [0.4, 0.5) is 11.4 Å². The highest BCUT2D eigenvalue weighted by Gasteiger charge is 2.28. The normalized spacial score (nSPS) is 13.2. The molecule has 0 saturated carbocycles. The molecule has 2 aromatic rings. The fraction of sp³-hybridized carbons (Fsp3) is 0.389. The number of nitro groups is 1. The zero-order chi connectivity index (χ0) is 19.7. The molecular formula is C18H20N4O5. The third-order valence-corrected chi connectivity index (χ3v) is 4.77. The summed E-state index contributed by atoms with van der Waals surface area (Å²) in [6.45, 7) is 3.52. The maximum Gasteiger partial charge on any atom is 0.338 e. The summed E-state index contributed by atoms with van der Waals surface area (Å²) in [7, 11) is 1.32. The molecule has 9 nitrogen and oxygen atoms in total. The van der Waals surface area contributed by atoms with Gasteiger partial charge < -0.3 is 9.64 Å². The van der Waals surface area contributed by atoms with E-state index in [1.165, 1.54) is 11.8 Å². The maximum absolute atomic E-state index is 12.9. The minimum absolute atomic E-state index is 0.0742. The molecule has 2 heterocycles. The minimum Gasteiger partial charge on any atom is -0.465 e. The fourth-order valence-electron chi connectivity index (χ4n) is 3.50. The van der Waals surface area contributed by atoms with E-state index in [1.807, 2.05) is 0 Å². The van der Waals surface area contributed by atoms with Gasteiger partial charge in [0.25, 0.3) is 0 Å². The molecule has 0 radical (unpaired) electrons. The number of aryl methyl sites for hydroxylation is 1. The van der Waals surface area contributed by atoms with E-state index < -0.39 is 10.9 Å². The largest absolute Gasteiger partial charge is 0.465 e. The zero-order valence-electron chi connectivity index (χ0n) is 15.4. The highest BCUT2D eigenvalue weighted by molar-refractivity contribution is 5.98. The van der Waals surface area contributed by atoms with Gasteiger partial charge in [-0.2, -0.15) is 5.10 Å². The van der Waals surface area contributed by atoms with Crippen LogP contribution in [0.1, 0.15) is 33.7 Å². The minimum atomic E-state index is -0.489. The van der Waals surface area contributed by atoms with Gasteiger partial charge in [0.15, 0.2) is 0 Å². The Morgan fingerprint density at radius 3 is 2.70 bits per heavy atom. The Kier molecular flexibility index (Phi) is 4.93. The Hall–Kier alpha value is -3.23. The number of fused-ring (bicyclic) bond motifs is 1. The lowest BCUT2D eigenvalue weighted by atomic mass is 9.96. The molecule has 0 saturated heterocycles. The number of amides is 1. The number of rotatable bonds is 4. The highest BCUT2D eigenvalue weighted by Crippen LogP contribution is 2.31. The number of aromatic nitrogens is 2. The van der Waals surface area contributed by atoms with Gasteiger partial charge in [0.05, 0.1) is 17.6 Å². The van der Waals surface area contributed by atoms with Crippen LogP contribution in [0.25, 0.3) is 0 Å². The second kappa shape index (κ2) is 7.18. The van der Waals surface area contributed by atoms with Gasteiger partial charge in [-0.15, -0.1) is 0 Å². The van der Waals surface area contributed by atoms with Gasteiger partial charge in [0, 0.05) is 12.2 Å². The first kappa shape index (κ1) is 18.6. The number of nitrogens with zero attached hydrogens (tertiary/aromatic N) is 4. The van der Waals surface area contributed by atoms with Crippen LogP contribution in [-0.2, 0) is 22.5 Å². The van der Waals surface area contributed by atoms with Gasteiger partial charge in [0.2, 0.25) is 5.91 Å². The Balaban J connectivity index is 1.92. The van der Waals surface area contributed by atoms with E-state index in [4.69, 9.17) is 4.74 Å². The van der Waals surface area contributed by atoms with E-state index in [1.54, 1.807) is 36.9 Å². The lowest BCUT2D eigenvalue weighted by molar-refractivity contribution is -0.386. The first-order chi connectivity index (χ1) is 12.8. The van der Waals surface area contributed by atoms with E-state index >= 15 is 0 Å². The third kappa shape index (κ3) is 3.27. The molecule has 3 rings (SSSR count). The molecule has 1 amide bonds. The van der Waals surface area contributed by atoms with Gasteiger partial charge in [0.1, 0.15) is 17.9 Å². The summed E-state index contributed by atoms with van der Waals surface area (Å²) in [5.74, 6) is -0.672. The number of methoxy groups -OCH3 is 1. The summed E-state index contributed by atoms with van der Waals surface area (Å²) in [5.41, 5.74) is 2.45. The number of carbonyl (C=O) groups excluding carboxylic acids is 2. The summed E-state index contributed by atoms with van der Waals surface area (Å²) in [4.78, 5) is 37.2. The smallest absolute Gasteiger partial charge is 0.338 e. The molecule has 27 heavy (non-hydrogen) atoms. The topological polar surface area (TPSA) is 108 Å². The summed E-state index contributed by atoms with van der Waals surface area (Å²) in [6.07, 6.45) is 1.39. The lowest BCUT2D eigenvalue weighted by Crippen LogP contribution is -2.38. The highest BCUT2D eigenvalue weighted by atomic mass is 16.6. The molecule has 0 unspecified atom stereocenters. The number of benzene rings is 1. The molecular weight excluding hydrogens is 352 g/mol. The second-order valence-corrected chi connectivity index (χ2v) is 6.38. The number of hydrogen-bond donors (Lipinski definition) is 0. The summed E-state index contributed by atoms with van der Waals surface area (Å²) in [5, 5.41) is 15.3. The average molecular weight is 372 g/mol. The van der Waals surface area contributed by atoms with Crippen LogP contribution in [0, 0.1) is 24.0 Å². The van der Waals surface area contributed by atoms with Gasteiger partial charge >= 0.3 is 11.7 Å². The van der Waals surface area contributed by atoms with E-state index in [2.05, 4.69) is 5.10 Å². The molecule has 1 aliphatic rings. The Bertz CT molecular complexity index is 934. The number of hydrogen-bond acceptors (Lipinski definition) is 6. The van der Waals surface area contributed by atoms with Crippen molar-refractivity contribution in [2.24, 2.45) is 0 Å². The molecule has 0 bridgehead atoms. The van der Waals surface area contributed by atoms with Crippen LogP contribution >= 0.6 is 0 Å². The van der Waals surface area contributed by atoms with Gasteiger partial charge in [-0.25, -0.2) is 4.79 Å². The molecule has 0 N–H and O–H groups in total. The maximum atomic E-state index is 12.9. The third-order valence-electron chi connectivity index (χ3n) is 4.77. The van der Waals surface area contributed by atoms with Crippen LogP contribution in [0.3, 0.4) is 0 Å². The average Bonchev–Trinajstić information content (AvgIpc) is 2.93. The van der Waals surface area contributed by atoms with E-state index in [9.17, 15) is 19.7 Å². The predicted octanol–water partition coefficient (Wildman–Crippen LogP) is 2.17. The van der Waals surface area contributed by atoms with Gasteiger partial charge in [-0.3, -0.25) is 19.6 Å². The number of anilines is 1. The van der Waals surface area contributed by atoms with Crippen molar-refractivity contribution in [1.29, 1.82) is 0 Å². The van der Waals surface area contributed by atoms with Crippen molar-refractivity contribution in [3.05, 3.63) is 50.8 Å². The van der Waals surface area contributed by atoms with Crippen molar-refractivity contribution >= 4 is 23.3 Å². The van der Waals surface area contributed by atoms with Gasteiger partial charge in [-0.1, -0.05) is 6.07 Å². The van der Waals surface area contributed by atoms with E-state index in [-0.39, 0.29) is 23.8 Å². The van der Waals surface area contributed by atoms with Crippen molar-refractivity contribution < 1.29 is 19.2 Å². The quantitative estimate of drug-likeness (QED) is 0.462. The van der Waals surface area contributed by atoms with Gasteiger partial charge in [-0.05, 0) is 44.4 Å². The molecule has 1 aromatic heterocycles. The molecule has 0 spiro atoms. The monoisotopic (exact) mass is 372 g/mol. The summed E-state index contributed by atoms with van der Waals surface area (Å²) >= 11 is 0. The van der Waals surface area contributed by atoms with Crippen LogP contribution < -0.4 is 4.90 Å².